The maximum absolute atomic E-state index is 12.9. The minimum absolute atomic E-state index is 0.0622. The number of nitrogens with zero attached hydrogens (tertiary/aromatic N) is 1. The number of amides is 1. The van der Waals surface area contributed by atoms with Crippen molar-refractivity contribution in [2.45, 2.75) is 32.9 Å². The van der Waals surface area contributed by atoms with Gasteiger partial charge in [-0.2, -0.15) is 0 Å². The van der Waals surface area contributed by atoms with Crippen LogP contribution in [0.25, 0.3) is 0 Å². The second-order valence-corrected chi connectivity index (χ2v) is 6.74. The number of ketones is 1. The van der Waals surface area contributed by atoms with Crippen molar-refractivity contribution in [1.82, 2.24) is 0 Å². The van der Waals surface area contributed by atoms with Gasteiger partial charge in [-0.25, -0.2) is 0 Å². The summed E-state index contributed by atoms with van der Waals surface area (Å²) in [5, 5.41) is 0.596. The molecule has 1 aliphatic heterocycles. The Bertz CT molecular complexity index is 829. The number of hydrogen-bond acceptors (Lipinski definition) is 3. The molecule has 0 radical (unpaired) electrons. The molecule has 0 bridgehead atoms. The van der Waals surface area contributed by atoms with E-state index in [1.54, 1.807) is 43.0 Å². The van der Waals surface area contributed by atoms with E-state index < -0.39 is 5.60 Å². The van der Waals surface area contributed by atoms with E-state index in [1.807, 2.05) is 18.2 Å². The van der Waals surface area contributed by atoms with Gasteiger partial charge in [-0.3, -0.25) is 9.59 Å². The second-order valence-electron chi connectivity index (χ2n) is 6.33. The maximum Gasteiger partial charge on any atom is 0.271 e. The van der Waals surface area contributed by atoms with E-state index in [2.05, 4.69) is 0 Å². The molecule has 0 spiro atoms. The molecule has 124 valence electrons. The average molecular weight is 344 g/mol. The first-order chi connectivity index (χ1) is 11.3. The van der Waals surface area contributed by atoms with Crippen LogP contribution in [0.4, 0.5) is 5.69 Å². The van der Waals surface area contributed by atoms with Gasteiger partial charge < -0.3 is 9.64 Å². The van der Waals surface area contributed by atoms with Crippen molar-refractivity contribution < 1.29 is 14.3 Å². The van der Waals surface area contributed by atoms with Crippen LogP contribution in [0, 0.1) is 0 Å². The molecule has 0 fully saturated rings. The molecule has 1 heterocycles. The van der Waals surface area contributed by atoms with Crippen LogP contribution in [0.1, 0.15) is 36.7 Å². The fraction of sp³-hybridized carbons (Fsp3) is 0.263. The minimum atomic E-state index is -0.980. The molecule has 0 atom stereocenters. The molecule has 2 aromatic carbocycles. The van der Waals surface area contributed by atoms with E-state index in [0.29, 0.717) is 28.6 Å². The van der Waals surface area contributed by atoms with E-state index in [9.17, 15) is 9.59 Å². The molecule has 0 unspecified atom stereocenters. The number of anilines is 1. The number of hydrogen-bond donors (Lipinski definition) is 0. The van der Waals surface area contributed by atoms with Crippen LogP contribution in [0.5, 0.6) is 5.75 Å². The van der Waals surface area contributed by atoms with Crippen molar-refractivity contribution >= 4 is 29.0 Å². The molecule has 0 aliphatic carbocycles. The molecule has 1 aliphatic rings. The predicted octanol–water partition coefficient (Wildman–Crippen LogP) is 4.25. The lowest BCUT2D eigenvalue weighted by molar-refractivity contribution is -0.132. The molecular formula is C19H18ClNO3. The van der Waals surface area contributed by atoms with Gasteiger partial charge in [-0.05, 0) is 50.6 Å². The molecule has 4 nitrogen and oxygen atoms in total. The molecule has 5 heteroatoms. The van der Waals surface area contributed by atoms with Gasteiger partial charge >= 0.3 is 0 Å². The fourth-order valence-electron chi connectivity index (χ4n) is 2.74. The smallest absolute Gasteiger partial charge is 0.271 e. The Morgan fingerprint density at radius 2 is 1.92 bits per heavy atom. The molecule has 0 saturated heterocycles. The normalized spacial score (nSPS) is 15.7. The van der Waals surface area contributed by atoms with Gasteiger partial charge in [-0.1, -0.05) is 29.8 Å². The summed E-state index contributed by atoms with van der Waals surface area (Å²) < 4.78 is 5.83. The van der Waals surface area contributed by atoms with Gasteiger partial charge in [0.25, 0.3) is 5.91 Å². The first kappa shape index (κ1) is 16.5. The first-order valence-corrected chi connectivity index (χ1v) is 8.07. The maximum atomic E-state index is 12.9. The number of carbonyl (C=O) groups is 2. The molecule has 24 heavy (non-hydrogen) atoms. The Hall–Kier alpha value is -2.33. The number of fused-ring (bicyclic) bond motifs is 1. The third-order valence-corrected chi connectivity index (χ3v) is 4.44. The number of ether oxygens (including phenoxy) is 1. The quantitative estimate of drug-likeness (QED) is 0.783. The van der Waals surface area contributed by atoms with Crippen LogP contribution < -0.4 is 9.64 Å². The third kappa shape index (κ3) is 2.89. The zero-order valence-corrected chi connectivity index (χ0v) is 14.6. The molecule has 0 aromatic heterocycles. The number of halogens is 1. The lowest BCUT2D eigenvalue weighted by atomic mass is 10.0. The molecule has 2 aromatic rings. The van der Waals surface area contributed by atoms with Gasteiger partial charge in [0.05, 0.1) is 12.2 Å². The molecule has 0 N–H and O–H groups in total. The summed E-state index contributed by atoms with van der Waals surface area (Å²) in [4.78, 5) is 26.2. The number of rotatable bonds is 3. The zero-order chi connectivity index (χ0) is 17.5. The van der Waals surface area contributed by atoms with Gasteiger partial charge in [0.15, 0.2) is 11.4 Å². The average Bonchev–Trinajstić information content (AvgIpc) is 2.52. The summed E-state index contributed by atoms with van der Waals surface area (Å²) >= 11 is 6.25. The highest BCUT2D eigenvalue weighted by Crippen LogP contribution is 2.39. The Balaban J connectivity index is 2.10. The van der Waals surface area contributed by atoms with Gasteiger partial charge in [0.2, 0.25) is 0 Å². The van der Waals surface area contributed by atoms with Gasteiger partial charge in [0, 0.05) is 10.6 Å². The monoisotopic (exact) mass is 343 g/mol. The van der Waals surface area contributed by atoms with Crippen molar-refractivity contribution in [1.29, 1.82) is 0 Å². The summed E-state index contributed by atoms with van der Waals surface area (Å²) in [5.41, 5.74) is 0.983. The standard InChI is InChI=1S/C19H18ClNO3/c1-12(22)13-8-9-17-16(10-13)21(18(23)19(2,3)24-17)11-14-6-4-5-7-15(14)20/h4-10H,11H2,1-3H3. The molecule has 1 amide bonds. The van der Waals surface area contributed by atoms with Gasteiger partial charge in [-0.15, -0.1) is 0 Å². The van der Waals surface area contributed by atoms with Crippen LogP contribution in [0.15, 0.2) is 42.5 Å². The molecular weight excluding hydrogens is 326 g/mol. The third-order valence-electron chi connectivity index (χ3n) is 4.07. The summed E-state index contributed by atoms with van der Waals surface area (Å²) in [7, 11) is 0. The SMILES string of the molecule is CC(=O)c1ccc2c(c1)N(Cc1ccccc1Cl)C(=O)C(C)(C)O2. The fourth-order valence-corrected chi connectivity index (χ4v) is 2.94. The van der Waals surface area contributed by atoms with Gasteiger partial charge in [0.1, 0.15) is 5.75 Å². The topological polar surface area (TPSA) is 46.6 Å². The summed E-state index contributed by atoms with van der Waals surface area (Å²) in [6.45, 7) is 5.28. The lowest BCUT2D eigenvalue weighted by Gasteiger charge is -2.39. The van der Waals surface area contributed by atoms with Crippen molar-refractivity contribution in [3.8, 4) is 5.75 Å². The van der Waals surface area contributed by atoms with Crippen molar-refractivity contribution in [2.24, 2.45) is 0 Å². The zero-order valence-electron chi connectivity index (χ0n) is 13.8. The van der Waals surface area contributed by atoms with E-state index in [1.165, 1.54) is 6.92 Å². The Labute approximate surface area is 146 Å². The highest BCUT2D eigenvalue weighted by atomic mass is 35.5. The Kier molecular flexibility index (Phi) is 4.10. The van der Waals surface area contributed by atoms with Crippen LogP contribution in [0.3, 0.4) is 0 Å². The summed E-state index contributed by atoms with van der Waals surface area (Å²) in [6.07, 6.45) is 0. The van der Waals surface area contributed by atoms with E-state index >= 15 is 0 Å². The Morgan fingerprint density at radius 1 is 1.21 bits per heavy atom. The number of Topliss-reactive ketones (excluding diaryl/α,β-unsaturated/α-hetero) is 1. The van der Waals surface area contributed by atoms with E-state index in [-0.39, 0.29) is 11.7 Å². The van der Waals surface area contributed by atoms with Crippen LogP contribution in [-0.2, 0) is 11.3 Å². The van der Waals surface area contributed by atoms with Crippen molar-refractivity contribution in [3.05, 3.63) is 58.6 Å². The lowest BCUT2D eigenvalue weighted by Crippen LogP contribution is -2.52. The molecule has 0 saturated carbocycles. The highest BCUT2D eigenvalue weighted by Gasteiger charge is 2.41. The largest absolute Gasteiger partial charge is 0.476 e. The van der Waals surface area contributed by atoms with Crippen LogP contribution in [-0.4, -0.2) is 17.3 Å². The van der Waals surface area contributed by atoms with Crippen LogP contribution >= 0.6 is 11.6 Å². The second kappa shape index (κ2) is 5.95. The van der Waals surface area contributed by atoms with Crippen molar-refractivity contribution in [2.75, 3.05) is 4.90 Å². The first-order valence-electron chi connectivity index (χ1n) is 7.69. The highest BCUT2D eigenvalue weighted by molar-refractivity contribution is 6.31. The Morgan fingerprint density at radius 3 is 2.58 bits per heavy atom. The van der Waals surface area contributed by atoms with Crippen LogP contribution in [0.2, 0.25) is 5.02 Å². The number of carbonyl (C=O) groups excluding carboxylic acids is 2. The summed E-state index contributed by atoms with van der Waals surface area (Å²) in [6, 6.07) is 12.5. The minimum Gasteiger partial charge on any atom is -0.476 e. The number of benzene rings is 2. The summed E-state index contributed by atoms with van der Waals surface area (Å²) in [5.74, 6) is 0.347. The predicted molar refractivity (Wildman–Crippen MR) is 93.8 cm³/mol. The van der Waals surface area contributed by atoms with E-state index in [4.69, 9.17) is 16.3 Å². The molecule has 3 rings (SSSR count). The van der Waals surface area contributed by atoms with E-state index in [0.717, 1.165) is 5.56 Å². The van der Waals surface area contributed by atoms with Crippen molar-refractivity contribution in [3.63, 3.8) is 0 Å².